The Balaban J connectivity index is 1.75. The average Bonchev–Trinajstić information content (AvgIpc) is 3.21. The predicted octanol–water partition coefficient (Wildman–Crippen LogP) is 1.29. The molecular weight excluding hydrogens is 308 g/mol. The minimum Gasteiger partial charge on any atom is -0.465 e. The van der Waals surface area contributed by atoms with Crippen molar-refractivity contribution in [2.75, 3.05) is 20.2 Å². The number of rotatable bonds is 6. The van der Waals surface area contributed by atoms with Crippen LogP contribution in [-0.4, -0.2) is 38.0 Å². The third-order valence-electron chi connectivity index (χ3n) is 2.66. The van der Waals surface area contributed by atoms with E-state index in [1.807, 2.05) is 0 Å². The Morgan fingerprint density at radius 2 is 1.77 bits per heavy atom. The first kappa shape index (κ1) is 15.8. The SMILES string of the molecule is COC(=O)c1ccc(C(=O)NCCNC(=O)c2ccco2)s1. The normalized spacial score (nSPS) is 10.0. The third kappa shape index (κ3) is 3.95. The molecule has 2 rings (SSSR count). The first-order valence-electron chi connectivity index (χ1n) is 6.40. The number of hydrogen-bond donors (Lipinski definition) is 2. The molecular formula is C14H14N2O5S. The summed E-state index contributed by atoms with van der Waals surface area (Å²) >= 11 is 1.05. The van der Waals surface area contributed by atoms with Gasteiger partial charge >= 0.3 is 5.97 Å². The van der Waals surface area contributed by atoms with E-state index in [1.165, 1.54) is 19.4 Å². The summed E-state index contributed by atoms with van der Waals surface area (Å²) in [5, 5.41) is 5.25. The number of esters is 1. The van der Waals surface area contributed by atoms with Gasteiger partial charge in [-0.05, 0) is 24.3 Å². The van der Waals surface area contributed by atoms with Gasteiger partial charge in [0, 0.05) is 13.1 Å². The number of nitrogens with one attached hydrogen (secondary N) is 2. The summed E-state index contributed by atoms with van der Waals surface area (Å²) in [6.45, 7) is 0.525. The zero-order valence-electron chi connectivity index (χ0n) is 11.8. The van der Waals surface area contributed by atoms with Crippen molar-refractivity contribution >= 4 is 29.1 Å². The maximum absolute atomic E-state index is 11.9. The highest BCUT2D eigenvalue weighted by Crippen LogP contribution is 2.17. The number of thiophene rings is 1. The van der Waals surface area contributed by atoms with Crippen molar-refractivity contribution in [3.63, 3.8) is 0 Å². The molecule has 0 aliphatic rings. The lowest BCUT2D eigenvalue weighted by Crippen LogP contribution is -2.34. The van der Waals surface area contributed by atoms with Crippen LogP contribution in [0.5, 0.6) is 0 Å². The minimum atomic E-state index is -0.477. The molecule has 7 nitrogen and oxygen atoms in total. The van der Waals surface area contributed by atoms with Crippen LogP contribution in [0.2, 0.25) is 0 Å². The highest BCUT2D eigenvalue weighted by Gasteiger charge is 2.14. The zero-order chi connectivity index (χ0) is 15.9. The fourth-order valence-electron chi connectivity index (χ4n) is 1.60. The molecule has 0 aromatic carbocycles. The van der Waals surface area contributed by atoms with Crippen LogP contribution in [0.15, 0.2) is 34.9 Å². The van der Waals surface area contributed by atoms with Crippen LogP contribution < -0.4 is 10.6 Å². The zero-order valence-corrected chi connectivity index (χ0v) is 12.6. The molecule has 0 saturated heterocycles. The standard InChI is InChI=1S/C14H14N2O5S/c1-20-14(19)11-5-4-10(22-11)13(18)16-7-6-15-12(17)9-3-2-8-21-9/h2-5,8H,6-7H2,1H3,(H,15,17)(H,16,18). The first-order chi connectivity index (χ1) is 10.6. The third-order valence-corrected chi connectivity index (χ3v) is 3.72. The molecule has 0 spiro atoms. The molecule has 0 unspecified atom stereocenters. The number of hydrogen-bond acceptors (Lipinski definition) is 6. The fourth-order valence-corrected chi connectivity index (χ4v) is 2.44. The molecule has 2 heterocycles. The number of carbonyl (C=O) groups excluding carboxylic acids is 3. The number of ether oxygens (including phenoxy) is 1. The lowest BCUT2D eigenvalue weighted by atomic mass is 10.4. The summed E-state index contributed by atoms with van der Waals surface area (Å²) in [4.78, 5) is 35.5. The highest BCUT2D eigenvalue weighted by molar-refractivity contribution is 7.15. The Bertz CT molecular complexity index is 663. The summed E-state index contributed by atoms with van der Waals surface area (Å²) in [7, 11) is 1.28. The maximum atomic E-state index is 11.9. The lowest BCUT2D eigenvalue weighted by molar-refractivity contribution is 0.0606. The molecule has 2 aromatic rings. The predicted molar refractivity (Wildman–Crippen MR) is 79.0 cm³/mol. The van der Waals surface area contributed by atoms with E-state index in [1.54, 1.807) is 18.2 Å². The van der Waals surface area contributed by atoms with Crippen LogP contribution in [-0.2, 0) is 4.74 Å². The van der Waals surface area contributed by atoms with Gasteiger partial charge < -0.3 is 19.8 Å². The van der Waals surface area contributed by atoms with Gasteiger partial charge in [0.15, 0.2) is 5.76 Å². The van der Waals surface area contributed by atoms with Gasteiger partial charge in [0.1, 0.15) is 4.88 Å². The number of carbonyl (C=O) groups is 3. The number of methoxy groups -OCH3 is 1. The van der Waals surface area contributed by atoms with Crippen LogP contribution in [0.1, 0.15) is 29.9 Å². The summed E-state index contributed by atoms with van der Waals surface area (Å²) in [6.07, 6.45) is 1.41. The molecule has 0 radical (unpaired) electrons. The molecule has 0 saturated carbocycles. The van der Waals surface area contributed by atoms with Gasteiger partial charge in [0.2, 0.25) is 0 Å². The summed E-state index contributed by atoms with van der Waals surface area (Å²) in [5.74, 6) is -0.919. The summed E-state index contributed by atoms with van der Waals surface area (Å²) < 4.78 is 9.51. The van der Waals surface area contributed by atoms with E-state index >= 15 is 0 Å². The van der Waals surface area contributed by atoms with E-state index in [4.69, 9.17) is 4.42 Å². The van der Waals surface area contributed by atoms with Gasteiger partial charge in [-0.15, -0.1) is 11.3 Å². The molecule has 0 bridgehead atoms. The molecule has 0 aliphatic heterocycles. The summed E-state index contributed by atoms with van der Waals surface area (Å²) in [6, 6.07) is 6.25. The Kier molecular flexibility index (Phi) is 5.31. The van der Waals surface area contributed by atoms with Crippen LogP contribution in [0, 0.1) is 0 Å². The molecule has 0 aliphatic carbocycles. The van der Waals surface area contributed by atoms with E-state index in [-0.39, 0.29) is 30.7 Å². The van der Waals surface area contributed by atoms with Gasteiger partial charge in [-0.25, -0.2) is 4.79 Å². The lowest BCUT2D eigenvalue weighted by Gasteiger charge is -2.04. The van der Waals surface area contributed by atoms with Crippen LogP contribution in [0.3, 0.4) is 0 Å². The Morgan fingerprint density at radius 3 is 2.41 bits per heavy atom. The Labute approximate surface area is 130 Å². The molecule has 2 N–H and O–H groups in total. The van der Waals surface area contributed by atoms with Crippen molar-refractivity contribution in [3.8, 4) is 0 Å². The number of amides is 2. The second-order valence-electron chi connectivity index (χ2n) is 4.14. The van der Waals surface area contributed by atoms with Gasteiger partial charge in [-0.1, -0.05) is 0 Å². The van der Waals surface area contributed by atoms with E-state index in [9.17, 15) is 14.4 Å². The Morgan fingerprint density at radius 1 is 1.09 bits per heavy atom. The first-order valence-corrected chi connectivity index (χ1v) is 7.21. The van der Waals surface area contributed by atoms with Crippen LogP contribution in [0.25, 0.3) is 0 Å². The monoisotopic (exact) mass is 322 g/mol. The van der Waals surface area contributed by atoms with Gasteiger partial charge in [0.25, 0.3) is 11.8 Å². The van der Waals surface area contributed by atoms with Crippen molar-refractivity contribution in [1.82, 2.24) is 10.6 Å². The molecule has 0 atom stereocenters. The minimum absolute atomic E-state index is 0.215. The van der Waals surface area contributed by atoms with Gasteiger partial charge in [-0.2, -0.15) is 0 Å². The fraction of sp³-hybridized carbons (Fsp3) is 0.214. The second kappa shape index (κ2) is 7.41. The highest BCUT2D eigenvalue weighted by atomic mass is 32.1. The molecule has 116 valence electrons. The van der Waals surface area contributed by atoms with Crippen molar-refractivity contribution in [1.29, 1.82) is 0 Å². The number of furan rings is 1. The van der Waals surface area contributed by atoms with E-state index < -0.39 is 5.97 Å². The van der Waals surface area contributed by atoms with Crippen molar-refractivity contribution in [2.24, 2.45) is 0 Å². The van der Waals surface area contributed by atoms with E-state index in [0.29, 0.717) is 9.75 Å². The van der Waals surface area contributed by atoms with Crippen LogP contribution in [0.4, 0.5) is 0 Å². The topological polar surface area (TPSA) is 97.6 Å². The molecule has 8 heteroatoms. The smallest absolute Gasteiger partial charge is 0.348 e. The molecule has 22 heavy (non-hydrogen) atoms. The maximum Gasteiger partial charge on any atom is 0.348 e. The van der Waals surface area contributed by atoms with Gasteiger partial charge in [0.05, 0.1) is 18.3 Å². The van der Waals surface area contributed by atoms with Gasteiger partial charge in [-0.3, -0.25) is 9.59 Å². The molecule has 2 aromatic heterocycles. The molecule has 2 amide bonds. The summed E-state index contributed by atoms with van der Waals surface area (Å²) in [5.41, 5.74) is 0. The van der Waals surface area contributed by atoms with Crippen molar-refractivity contribution in [3.05, 3.63) is 46.0 Å². The molecule has 0 fully saturated rings. The largest absolute Gasteiger partial charge is 0.465 e. The second-order valence-corrected chi connectivity index (χ2v) is 5.23. The van der Waals surface area contributed by atoms with E-state index in [2.05, 4.69) is 15.4 Å². The van der Waals surface area contributed by atoms with Crippen LogP contribution >= 0.6 is 11.3 Å². The van der Waals surface area contributed by atoms with Crippen molar-refractivity contribution < 1.29 is 23.5 Å². The van der Waals surface area contributed by atoms with E-state index in [0.717, 1.165) is 11.3 Å². The quantitative estimate of drug-likeness (QED) is 0.617. The Hall–Kier alpha value is -2.61. The van der Waals surface area contributed by atoms with Crippen molar-refractivity contribution in [2.45, 2.75) is 0 Å². The average molecular weight is 322 g/mol.